The summed E-state index contributed by atoms with van der Waals surface area (Å²) >= 11 is 16.3. The first-order valence-electron chi connectivity index (χ1n) is 21.6. The third-order valence-corrected chi connectivity index (χ3v) is 14.3. The number of likely N-dealkylation sites (N-methyl/N-ethyl adjacent to an activating group) is 1. The first kappa shape index (κ1) is 45.1. The Labute approximate surface area is 390 Å². The van der Waals surface area contributed by atoms with Gasteiger partial charge in [0.2, 0.25) is 12.0 Å². The number of hydrogen-bond acceptors (Lipinski definition) is 15. The van der Waals surface area contributed by atoms with E-state index in [9.17, 15) is 9.90 Å². The molecule has 4 aliphatic heterocycles. The van der Waals surface area contributed by atoms with Crippen molar-refractivity contribution in [2.75, 3.05) is 66.7 Å². The van der Waals surface area contributed by atoms with E-state index >= 15 is 0 Å². The maximum Gasteiger partial charge on any atom is 0.345 e. The molecule has 0 amide bonds. The van der Waals surface area contributed by atoms with Crippen molar-refractivity contribution in [3.63, 3.8) is 0 Å². The Kier molecular flexibility index (Phi) is 13.7. The van der Waals surface area contributed by atoms with Crippen LogP contribution in [-0.4, -0.2) is 131 Å². The number of methoxy groups -OCH3 is 1. The number of allylic oxidation sites excluding steroid dienone is 4. The first-order chi connectivity index (χ1) is 31.5. The van der Waals surface area contributed by atoms with Crippen molar-refractivity contribution in [1.82, 2.24) is 29.7 Å². The van der Waals surface area contributed by atoms with Gasteiger partial charge < -0.3 is 43.2 Å². The van der Waals surface area contributed by atoms with Crippen LogP contribution in [0.25, 0.3) is 27.2 Å². The molecule has 2 fully saturated rings. The summed E-state index contributed by atoms with van der Waals surface area (Å²) in [4.78, 5) is 38.0. The Hall–Kier alpha value is -5.07. The normalized spacial score (nSPS) is 23.2. The van der Waals surface area contributed by atoms with Crippen molar-refractivity contribution < 1.29 is 43.1 Å². The smallest absolute Gasteiger partial charge is 0.345 e. The zero-order valence-electron chi connectivity index (χ0n) is 36.5. The van der Waals surface area contributed by atoms with E-state index in [1.807, 2.05) is 38.1 Å². The van der Waals surface area contributed by atoms with E-state index in [1.165, 1.54) is 17.7 Å². The van der Waals surface area contributed by atoms with Crippen molar-refractivity contribution in [1.29, 1.82) is 0 Å². The van der Waals surface area contributed by atoms with Crippen LogP contribution in [0.3, 0.4) is 0 Å². The van der Waals surface area contributed by atoms with E-state index < -0.39 is 23.7 Å². The lowest BCUT2D eigenvalue weighted by atomic mass is 9.81. The summed E-state index contributed by atoms with van der Waals surface area (Å²) < 4.78 is 44.0. The van der Waals surface area contributed by atoms with Gasteiger partial charge >= 0.3 is 5.97 Å². The number of halogens is 2. The van der Waals surface area contributed by atoms with Crippen LogP contribution in [0.4, 0.5) is 0 Å². The van der Waals surface area contributed by atoms with Crippen LogP contribution < -0.4 is 18.9 Å². The van der Waals surface area contributed by atoms with Gasteiger partial charge in [-0.1, -0.05) is 30.7 Å². The summed E-state index contributed by atoms with van der Waals surface area (Å²) in [7, 11) is 3.70. The highest BCUT2D eigenvalue weighted by Gasteiger charge is 2.39. The highest BCUT2D eigenvalue weighted by atomic mass is 35.5. The fraction of sp³-hybridized carbons (Fsp3) is 0.426. The molecule has 1 N–H and O–H groups in total. The predicted molar refractivity (Wildman–Crippen MR) is 246 cm³/mol. The van der Waals surface area contributed by atoms with Gasteiger partial charge in [-0.2, -0.15) is 0 Å². The molecule has 4 bridgehead atoms. The molecule has 10 rings (SSSR count). The van der Waals surface area contributed by atoms with Crippen LogP contribution >= 0.6 is 34.5 Å². The van der Waals surface area contributed by atoms with Crippen molar-refractivity contribution in [3.05, 3.63) is 99.1 Å². The number of carboxylic acid groups (broad SMARTS) is 1. The Balaban J connectivity index is 1.15. The SMILES string of the molecule is COc1ccccc1-c1nccc(COc2ccc3cc2C[C@H](C(=O)O)Oc2ncnc4sc(C[C@@H]5COCCO5)c(c24)C2=C(C)C(Cl)=C(O[C@H](CN4CCN(C)CC4)O3)C(Cl)C2C)n1. The molecule has 2 aromatic carbocycles. The van der Waals surface area contributed by atoms with Gasteiger partial charge in [0.25, 0.3) is 6.29 Å². The standard InChI is InChI=1S/C47H50Cl2N6O9S/c1-26-38-27(2)42(49)43(41(26)48)64-37(22-55-15-13-54(3)14-16-55)62-30-9-10-33(61-23-29-11-12-50-44(53-29)32-7-5-6-8-34(32)58-4)28(19-30)20-35(47(56)57)63-45-40-39(38)36(65-46(40)52-25-51-45)21-31-24-59-17-18-60-31/h5-12,19,25-26,31,35,37,41H,13-18,20-24H2,1-4H3,(H,56,57)/t26?,31-,35-,37-,41?/m1/s1. The van der Waals surface area contributed by atoms with Crippen LogP contribution in [0, 0.1) is 5.92 Å². The minimum absolute atomic E-state index is 0.0470. The highest BCUT2D eigenvalue weighted by Crippen LogP contribution is 2.50. The van der Waals surface area contributed by atoms with Gasteiger partial charge in [-0.05, 0) is 61.5 Å². The summed E-state index contributed by atoms with van der Waals surface area (Å²) in [6.07, 6.45) is 0.940. The molecule has 5 aromatic rings. The van der Waals surface area contributed by atoms with E-state index in [0.717, 1.165) is 53.3 Å². The van der Waals surface area contributed by atoms with Gasteiger partial charge in [0.1, 0.15) is 40.8 Å². The van der Waals surface area contributed by atoms with Crippen LogP contribution in [0.2, 0.25) is 0 Å². The average Bonchev–Trinajstić information content (AvgIpc) is 3.67. The van der Waals surface area contributed by atoms with Gasteiger partial charge in [0, 0.05) is 67.1 Å². The van der Waals surface area contributed by atoms with Crippen molar-refractivity contribution >= 4 is 56.3 Å². The monoisotopic (exact) mass is 944 g/mol. The molecule has 0 radical (unpaired) electrons. The van der Waals surface area contributed by atoms with E-state index in [-0.39, 0.29) is 30.9 Å². The van der Waals surface area contributed by atoms with Crippen molar-refractivity contribution in [2.24, 2.45) is 5.92 Å². The van der Waals surface area contributed by atoms with Gasteiger partial charge in [-0.15, -0.1) is 22.9 Å². The highest BCUT2D eigenvalue weighted by molar-refractivity contribution is 7.19. The van der Waals surface area contributed by atoms with E-state index in [2.05, 4.69) is 31.8 Å². The number of piperazine rings is 1. The number of thiophene rings is 1. The molecule has 0 spiro atoms. The maximum absolute atomic E-state index is 13.3. The van der Waals surface area contributed by atoms with E-state index in [0.29, 0.717) is 88.1 Å². The van der Waals surface area contributed by atoms with Gasteiger partial charge in [0.05, 0.1) is 66.6 Å². The predicted octanol–water partition coefficient (Wildman–Crippen LogP) is 7.23. The Morgan fingerprint density at radius 1 is 1.02 bits per heavy atom. The topological polar surface area (TPSA) is 160 Å². The van der Waals surface area contributed by atoms with Crippen LogP contribution in [0.15, 0.2) is 77.4 Å². The minimum Gasteiger partial charge on any atom is -0.496 e. The Bertz CT molecular complexity index is 2610. The number of aliphatic carboxylic acids is 1. The second kappa shape index (κ2) is 19.8. The Morgan fingerprint density at radius 3 is 2.63 bits per heavy atom. The summed E-state index contributed by atoms with van der Waals surface area (Å²) in [6, 6.07) is 14.6. The lowest BCUT2D eigenvalue weighted by molar-refractivity contribution is -0.145. The molecule has 65 heavy (non-hydrogen) atoms. The molecule has 0 saturated carbocycles. The average molecular weight is 946 g/mol. The largest absolute Gasteiger partial charge is 0.496 e. The molecule has 15 nitrogen and oxygen atoms in total. The molecule has 1 aliphatic carbocycles. The van der Waals surface area contributed by atoms with Crippen molar-refractivity contribution in [3.8, 4) is 34.5 Å². The molecular formula is C47H50Cl2N6O9S. The Morgan fingerprint density at radius 2 is 1.85 bits per heavy atom. The molecule has 2 unspecified atom stereocenters. The number of aromatic nitrogens is 4. The van der Waals surface area contributed by atoms with Gasteiger partial charge in [-0.25, -0.2) is 24.7 Å². The lowest BCUT2D eigenvalue weighted by Gasteiger charge is -2.37. The third-order valence-electron chi connectivity index (χ3n) is 12.1. The van der Waals surface area contributed by atoms with E-state index in [4.69, 9.17) is 61.3 Å². The zero-order chi connectivity index (χ0) is 45.2. The second-order valence-electron chi connectivity index (χ2n) is 16.5. The number of nitrogens with zero attached hydrogens (tertiary/aromatic N) is 6. The van der Waals surface area contributed by atoms with Crippen LogP contribution in [0.1, 0.15) is 35.5 Å². The number of ether oxygens (including phenoxy) is 7. The fourth-order valence-electron chi connectivity index (χ4n) is 8.67. The summed E-state index contributed by atoms with van der Waals surface area (Å²) in [5.41, 5.74) is 4.23. The lowest BCUT2D eigenvalue weighted by Crippen LogP contribution is -2.48. The summed E-state index contributed by atoms with van der Waals surface area (Å²) in [5.74, 6) is 0.925. The van der Waals surface area contributed by atoms with E-state index in [1.54, 1.807) is 37.6 Å². The van der Waals surface area contributed by atoms with Gasteiger partial charge in [-0.3, -0.25) is 4.90 Å². The van der Waals surface area contributed by atoms with Crippen LogP contribution in [0.5, 0.6) is 23.1 Å². The number of rotatable bonds is 10. The molecule has 5 atom stereocenters. The maximum atomic E-state index is 13.3. The zero-order valence-corrected chi connectivity index (χ0v) is 38.8. The number of alkyl halides is 1. The summed E-state index contributed by atoms with van der Waals surface area (Å²) in [5, 5.41) is 11.1. The number of hydrogen-bond donors (Lipinski definition) is 1. The summed E-state index contributed by atoms with van der Waals surface area (Å²) in [6.45, 7) is 9.25. The fourth-order valence-corrected chi connectivity index (χ4v) is 10.5. The molecule has 7 heterocycles. The number of para-hydroxylation sites is 1. The van der Waals surface area contributed by atoms with Crippen LogP contribution in [-0.2, 0) is 38.5 Å². The molecular weight excluding hydrogens is 896 g/mol. The molecule has 2 saturated heterocycles. The number of carbonyl (C=O) groups is 1. The molecule has 18 heteroatoms. The minimum atomic E-state index is -1.42. The molecule has 3 aromatic heterocycles. The molecule has 342 valence electrons. The number of carboxylic acids is 1. The number of benzene rings is 2. The first-order valence-corrected chi connectivity index (χ1v) is 23.2. The molecule has 5 aliphatic rings. The van der Waals surface area contributed by atoms with Crippen molar-refractivity contribution in [2.45, 2.75) is 57.2 Å². The number of fused-ring (bicyclic) bond motifs is 6. The quantitative estimate of drug-likeness (QED) is 0.140. The van der Waals surface area contributed by atoms with Gasteiger partial charge in [0.15, 0.2) is 5.82 Å². The second-order valence-corrected chi connectivity index (χ2v) is 18.4. The third kappa shape index (κ3) is 9.75.